The molecule has 32 heavy (non-hydrogen) atoms. The van der Waals surface area contributed by atoms with Gasteiger partial charge in [0.1, 0.15) is 11.6 Å². The molecule has 3 rings (SSSR count). The van der Waals surface area contributed by atoms with Crippen molar-refractivity contribution in [3.05, 3.63) is 60.2 Å². The van der Waals surface area contributed by atoms with Crippen molar-refractivity contribution in [1.29, 1.82) is 0 Å². The fourth-order valence-electron chi connectivity index (χ4n) is 2.65. The maximum atomic E-state index is 12.7. The SMILES string of the molecule is OCCNc1nc(Nc2ccc(C(F)(F)F)cc2)cc(-c2cccc(OC(F)(F)F)c2)n1. The number of hydrogen-bond acceptors (Lipinski definition) is 6. The first-order chi connectivity index (χ1) is 15.0. The third kappa shape index (κ3) is 6.48. The average molecular weight is 458 g/mol. The Kier molecular flexibility index (Phi) is 6.72. The highest BCUT2D eigenvalue weighted by Gasteiger charge is 2.31. The second kappa shape index (κ2) is 9.30. The van der Waals surface area contributed by atoms with E-state index in [1.807, 2.05) is 0 Å². The second-order valence-corrected chi connectivity index (χ2v) is 6.39. The first kappa shape index (κ1) is 23.1. The molecular weight excluding hydrogens is 442 g/mol. The summed E-state index contributed by atoms with van der Waals surface area (Å²) in [5.41, 5.74) is -0.0396. The van der Waals surface area contributed by atoms with E-state index in [2.05, 4.69) is 25.3 Å². The summed E-state index contributed by atoms with van der Waals surface area (Å²) in [5, 5.41) is 14.6. The normalized spacial score (nSPS) is 11.8. The number of rotatable bonds is 7. The van der Waals surface area contributed by atoms with E-state index in [-0.39, 0.29) is 36.2 Å². The van der Waals surface area contributed by atoms with Crippen molar-refractivity contribution in [3.63, 3.8) is 0 Å². The molecule has 0 saturated heterocycles. The summed E-state index contributed by atoms with van der Waals surface area (Å²) in [5.74, 6) is -0.235. The van der Waals surface area contributed by atoms with Crippen LogP contribution in [0.3, 0.4) is 0 Å². The third-order valence-electron chi connectivity index (χ3n) is 3.97. The van der Waals surface area contributed by atoms with E-state index >= 15 is 0 Å². The van der Waals surface area contributed by atoms with Gasteiger partial charge in [0, 0.05) is 23.9 Å². The maximum Gasteiger partial charge on any atom is 0.573 e. The number of benzene rings is 2. The van der Waals surface area contributed by atoms with Crippen LogP contribution in [0.4, 0.5) is 43.8 Å². The number of nitrogens with one attached hydrogen (secondary N) is 2. The van der Waals surface area contributed by atoms with Gasteiger partial charge in [-0.25, -0.2) is 4.98 Å². The molecule has 3 N–H and O–H groups in total. The van der Waals surface area contributed by atoms with E-state index in [0.29, 0.717) is 5.69 Å². The van der Waals surface area contributed by atoms with Gasteiger partial charge < -0.3 is 20.5 Å². The van der Waals surface area contributed by atoms with Crippen LogP contribution in [0.1, 0.15) is 5.56 Å². The van der Waals surface area contributed by atoms with Gasteiger partial charge in [-0.1, -0.05) is 12.1 Å². The minimum absolute atomic E-state index is 0.0492. The van der Waals surface area contributed by atoms with Gasteiger partial charge in [0.15, 0.2) is 0 Å². The zero-order valence-electron chi connectivity index (χ0n) is 16.1. The van der Waals surface area contributed by atoms with Crippen molar-refractivity contribution in [1.82, 2.24) is 9.97 Å². The number of nitrogens with zero attached hydrogens (tertiary/aromatic N) is 2. The predicted octanol–water partition coefficient (Wildman–Crippen LogP) is 5.21. The largest absolute Gasteiger partial charge is 0.573 e. The van der Waals surface area contributed by atoms with Gasteiger partial charge in [0.25, 0.3) is 0 Å². The van der Waals surface area contributed by atoms with Crippen LogP contribution >= 0.6 is 0 Å². The average Bonchev–Trinajstić information content (AvgIpc) is 2.71. The summed E-state index contributed by atoms with van der Waals surface area (Å²) in [6, 6.07) is 10.7. The second-order valence-electron chi connectivity index (χ2n) is 6.39. The molecule has 0 fully saturated rings. The molecule has 0 amide bonds. The molecule has 0 aliphatic carbocycles. The monoisotopic (exact) mass is 458 g/mol. The molecule has 1 heterocycles. The van der Waals surface area contributed by atoms with Gasteiger partial charge in [-0.05, 0) is 36.4 Å². The molecule has 0 radical (unpaired) electrons. The van der Waals surface area contributed by atoms with E-state index in [1.54, 1.807) is 0 Å². The Morgan fingerprint density at radius 2 is 1.62 bits per heavy atom. The number of aliphatic hydroxyl groups excluding tert-OH is 1. The van der Waals surface area contributed by atoms with E-state index < -0.39 is 23.9 Å². The van der Waals surface area contributed by atoms with Crippen LogP contribution in [0.5, 0.6) is 5.75 Å². The van der Waals surface area contributed by atoms with Crippen molar-refractivity contribution >= 4 is 17.5 Å². The molecule has 3 aromatic rings. The molecule has 170 valence electrons. The van der Waals surface area contributed by atoms with E-state index in [4.69, 9.17) is 5.11 Å². The van der Waals surface area contributed by atoms with Crippen LogP contribution in [-0.4, -0.2) is 34.6 Å². The number of halogens is 6. The first-order valence-corrected chi connectivity index (χ1v) is 9.08. The highest BCUT2D eigenvalue weighted by molar-refractivity contribution is 5.68. The van der Waals surface area contributed by atoms with Crippen LogP contribution in [-0.2, 0) is 6.18 Å². The molecule has 0 atom stereocenters. The molecule has 12 heteroatoms. The van der Waals surface area contributed by atoms with Gasteiger partial charge in [0.05, 0.1) is 17.9 Å². The summed E-state index contributed by atoms with van der Waals surface area (Å²) >= 11 is 0. The molecule has 0 spiro atoms. The molecule has 0 unspecified atom stereocenters. The first-order valence-electron chi connectivity index (χ1n) is 9.08. The lowest BCUT2D eigenvalue weighted by Gasteiger charge is -2.13. The third-order valence-corrected chi connectivity index (χ3v) is 3.97. The summed E-state index contributed by atoms with van der Waals surface area (Å²) < 4.78 is 79.7. The fraction of sp³-hybridized carbons (Fsp3) is 0.200. The maximum absolute atomic E-state index is 12.7. The zero-order chi connectivity index (χ0) is 23.4. The summed E-state index contributed by atoms with van der Waals surface area (Å²) in [6.45, 7) is -0.134. The van der Waals surface area contributed by atoms with E-state index in [1.165, 1.54) is 30.3 Å². The van der Waals surface area contributed by atoms with E-state index in [9.17, 15) is 26.3 Å². The van der Waals surface area contributed by atoms with Crippen LogP contribution in [0.15, 0.2) is 54.6 Å². The Balaban J connectivity index is 1.92. The van der Waals surface area contributed by atoms with Gasteiger partial charge >= 0.3 is 12.5 Å². The molecular formula is C20H16F6N4O2. The highest BCUT2D eigenvalue weighted by atomic mass is 19.4. The van der Waals surface area contributed by atoms with Crippen molar-refractivity contribution in [2.75, 3.05) is 23.8 Å². The quantitative estimate of drug-likeness (QED) is 0.422. The van der Waals surface area contributed by atoms with Gasteiger partial charge in [0.2, 0.25) is 5.95 Å². The predicted molar refractivity (Wildman–Crippen MR) is 104 cm³/mol. The van der Waals surface area contributed by atoms with Gasteiger partial charge in [-0.2, -0.15) is 18.2 Å². The standard InChI is InChI=1S/C20H16F6N4O2/c21-19(22,23)13-4-6-14(7-5-13)28-17-11-16(29-18(30-17)27-8-9-31)12-2-1-3-15(10-12)32-20(24,25)26/h1-7,10-11,31H,8-9H2,(H2,27,28,29,30). The lowest BCUT2D eigenvalue weighted by molar-refractivity contribution is -0.274. The number of alkyl halides is 6. The minimum atomic E-state index is -4.87. The van der Waals surface area contributed by atoms with E-state index in [0.717, 1.165) is 24.3 Å². The Morgan fingerprint density at radius 1 is 0.906 bits per heavy atom. The topological polar surface area (TPSA) is 79.3 Å². The minimum Gasteiger partial charge on any atom is -0.406 e. The Bertz CT molecular complexity index is 1060. The van der Waals surface area contributed by atoms with Crippen LogP contribution in [0.25, 0.3) is 11.3 Å². The molecule has 2 aromatic carbocycles. The Morgan fingerprint density at radius 3 is 2.25 bits per heavy atom. The lowest BCUT2D eigenvalue weighted by Crippen LogP contribution is -2.17. The molecule has 0 aliphatic rings. The highest BCUT2D eigenvalue weighted by Crippen LogP contribution is 2.31. The number of aliphatic hydroxyl groups is 1. The molecule has 0 aliphatic heterocycles. The smallest absolute Gasteiger partial charge is 0.406 e. The Hall–Kier alpha value is -3.54. The Labute approximate surface area is 177 Å². The molecule has 0 saturated carbocycles. The number of hydrogen-bond donors (Lipinski definition) is 3. The summed E-state index contributed by atoms with van der Waals surface area (Å²) in [6.07, 6.45) is -9.35. The number of ether oxygens (including phenoxy) is 1. The van der Waals surface area contributed by atoms with Crippen LogP contribution in [0, 0.1) is 0 Å². The molecule has 0 bridgehead atoms. The van der Waals surface area contributed by atoms with Gasteiger partial charge in [-0.15, -0.1) is 13.2 Å². The van der Waals surface area contributed by atoms with Crippen molar-refractivity contribution < 1.29 is 36.2 Å². The fourth-order valence-corrected chi connectivity index (χ4v) is 2.65. The molecule has 6 nitrogen and oxygen atoms in total. The summed E-state index contributed by atoms with van der Waals surface area (Å²) in [7, 11) is 0. The zero-order valence-corrected chi connectivity index (χ0v) is 16.1. The van der Waals surface area contributed by atoms with Crippen molar-refractivity contribution in [2.24, 2.45) is 0 Å². The summed E-state index contributed by atoms with van der Waals surface area (Å²) in [4.78, 5) is 8.37. The van der Waals surface area contributed by atoms with Crippen LogP contribution < -0.4 is 15.4 Å². The van der Waals surface area contributed by atoms with Crippen molar-refractivity contribution in [3.8, 4) is 17.0 Å². The number of aromatic nitrogens is 2. The van der Waals surface area contributed by atoms with Gasteiger partial charge in [-0.3, -0.25) is 0 Å². The lowest BCUT2D eigenvalue weighted by atomic mass is 10.1. The van der Waals surface area contributed by atoms with Crippen LogP contribution in [0.2, 0.25) is 0 Å². The number of anilines is 3. The van der Waals surface area contributed by atoms with Crippen molar-refractivity contribution in [2.45, 2.75) is 12.5 Å². The molecule has 1 aromatic heterocycles.